The number of nitrogens with zero attached hydrogens (tertiary/aromatic N) is 3. The quantitative estimate of drug-likeness (QED) is 0.829. The zero-order valence-electron chi connectivity index (χ0n) is 11.2. The average molecular weight is 258 g/mol. The van der Waals surface area contributed by atoms with E-state index < -0.39 is 0 Å². The molecule has 19 heavy (non-hydrogen) atoms. The maximum absolute atomic E-state index is 12.1. The van der Waals surface area contributed by atoms with E-state index in [1.807, 2.05) is 24.3 Å². The van der Waals surface area contributed by atoms with Gasteiger partial charge in [0.15, 0.2) is 5.78 Å². The fraction of sp³-hybridized carbons (Fsp3) is 0.357. The van der Waals surface area contributed by atoms with Crippen LogP contribution in [0.2, 0.25) is 0 Å². The Labute approximate surface area is 112 Å². The summed E-state index contributed by atoms with van der Waals surface area (Å²) in [5.41, 5.74) is 8.05. The Kier molecular flexibility index (Phi) is 4.06. The van der Waals surface area contributed by atoms with E-state index in [4.69, 9.17) is 5.73 Å². The summed E-state index contributed by atoms with van der Waals surface area (Å²) >= 11 is 0. The molecule has 2 aromatic rings. The lowest BCUT2D eigenvalue weighted by atomic mass is 10.0. The third-order valence-electron chi connectivity index (χ3n) is 3.00. The third-order valence-corrected chi connectivity index (χ3v) is 3.00. The van der Waals surface area contributed by atoms with Crippen molar-refractivity contribution in [2.75, 3.05) is 0 Å². The standard InChI is InChI=1S/C14H18N4O/c1-10(2)11-3-5-12(6-4-11)14(19)9-18-8-13(7-15)16-17-18/h3-6,8,10H,7,9,15H2,1-2H3. The van der Waals surface area contributed by atoms with Gasteiger partial charge in [-0.25, -0.2) is 4.68 Å². The number of hydrogen-bond donors (Lipinski definition) is 1. The van der Waals surface area contributed by atoms with Gasteiger partial charge < -0.3 is 5.73 Å². The summed E-state index contributed by atoms with van der Waals surface area (Å²) in [6, 6.07) is 7.70. The minimum absolute atomic E-state index is 0.0174. The van der Waals surface area contributed by atoms with Crippen LogP contribution in [0.15, 0.2) is 30.5 Å². The summed E-state index contributed by atoms with van der Waals surface area (Å²) in [6.07, 6.45) is 1.69. The molecule has 1 heterocycles. The summed E-state index contributed by atoms with van der Waals surface area (Å²) < 4.78 is 1.51. The van der Waals surface area contributed by atoms with Crippen LogP contribution in [0.1, 0.15) is 41.4 Å². The fourth-order valence-corrected chi connectivity index (χ4v) is 1.80. The highest BCUT2D eigenvalue weighted by Gasteiger charge is 2.09. The van der Waals surface area contributed by atoms with E-state index in [0.29, 0.717) is 23.7 Å². The first-order valence-corrected chi connectivity index (χ1v) is 6.32. The lowest BCUT2D eigenvalue weighted by Crippen LogP contribution is -2.11. The van der Waals surface area contributed by atoms with Crippen LogP contribution in [0, 0.1) is 0 Å². The number of aromatic nitrogens is 3. The van der Waals surface area contributed by atoms with Crippen LogP contribution >= 0.6 is 0 Å². The SMILES string of the molecule is CC(C)c1ccc(C(=O)Cn2cc(CN)nn2)cc1. The molecule has 0 saturated heterocycles. The van der Waals surface area contributed by atoms with Gasteiger partial charge in [-0.2, -0.15) is 0 Å². The van der Waals surface area contributed by atoms with Crippen LogP contribution in [0.25, 0.3) is 0 Å². The summed E-state index contributed by atoms with van der Waals surface area (Å²) in [6.45, 7) is 4.77. The van der Waals surface area contributed by atoms with Crippen molar-refractivity contribution in [2.24, 2.45) is 5.73 Å². The molecule has 5 heteroatoms. The second-order valence-electron chi connectivity index (χ2n) is 4.81. The molecule has 2 rings (SSSR count). The largest absolute Gasteiger partial charge is 0.325 e. The van der Waals surface area contributed by atoms with Gasteiger partial charge in [0.25, 0.3) is 0 Å². The minimum atomic E-state index is 0.0174. The summed E-state index contributed by atoms with van der Waals surface area (Å²) in [7, 11) is 0. The van der Waals surface area contributed by atoms with Crippen molar-refractivity contribution in [3.63, 3.8) is 0 Å². The second-order valence-corrected chi connectivity index (χ2v) is 4.81. The summed E-state index contributed by atoms with van der Waals surface area (Å²) in [4.78, 5) is 12.1. The van der Waals surface area contributed by atoms with Gasteiger partial charge in [0, 0.05) is 12.1 Å². The number of nitrogens with two attached hydrogens (primary N) is 1. The number of rotatable bonds is 5. The van der Waals surface area contributed by atoms with Gasteiger partial charge in [-0.05, 0) is 11.5 Å². The van der Waals surface area contributed by atoms with Crippen molar-refractivity contribution < 1.29 is 4.79 Å². The maximum atomic E-state index is 12.1. The molecule has 0 spiro atoms. The number of carbonyl (C=O) groups is 1. The van der Waals surface area contributed by atoms with Gasteiger partial charge in [-0.3, -0.25) is 4.79 Å². The highest BCUT2D eigenvalue weighted by Crippen LogP contribution is 2.15. The molecular weight excluding hydrogens is 240 g/mol. The smallest absolute Gasteiger partial charge is 0.184 e. The number of benzene rings is 1. The first-order valence-electron chi connectivity index (χ1n) is 6.32. The predicted molar refractivity (Wildman–Crippen MR) is 72.8 cm³/mol. The topological polar surface area (TPSA) is 73.8 Å². The number of ketones is 1. The van der Waals surface area contributed by atoms with Crippen LogP contribution < -0.4 is 5.73 Å². The molecule has 0 aliphatic heterocycles. The molecule has 0 fully saturated rings. The van der Waals surface area contributed by atoms with Crippen LogP contribution in [-0.2, 0) is 13.1 Å². The maximum Gasteiger partial charge on any atom is 0.184 e. The van der Waals surface area contributed by atoms with Crippen molar-refractivity contribution in [3.05, 3.63) is 47.3 Å². The molecule has 0 aliphatic rings. The number of Topliss-reactive ketones (excluding diaryl/α,β-unsaturated/α-hetero) is 1. The van der Waals surface area contributed by atoms with Gasteiger partial charge in [-0.1, -0.05) is 43.3 Å². The highest BCUT2D eigenvalue weighted by molar-refractivity contribution is 5.95. The Morgan fingerprint density at radius 2 is 2.00 bits per heavy atom. The van der Waals surface area contributed by atoms with Crippen molar-refractivity contribution in [1.29, 1.82) is 0 Å². The average Bonchev–Trinajstić information content (AvgIpc) is 2.86. The first-order chi connectivity index (χ1) is 9.10. The third kappa shape index (κ3) is 3.26. The second kappa shape index (κ2) is 5.75. The molecule has 1 aromatic carbocycles. The monoisotopic (exact) mass is 258 g/mol. The van der Waals surface area contributed by atoms with Crippen LogP contribution in [-0.4, -0.2) is 20.8 Å². The molecule has 0 atom stereocenters. The van der Waals surface area contributed by atoms with Crippen LogP contribution in [0.5, 0.6) is 0 Å². The van der Waals surface area contributed by atoms with Crippen molar-refractivity contribution in [2.45, 2.75) is 32.9 Å². The molecular formula is C14H18N4O. The molecule has 0 aliphatic carbocycles. The first kappa shape index (κ1) is 13.4. The Hall–Kier alpha value is -2.01. The van der Waals surface area contributed by atoms with E-state index in [9.17, 15) is 4.79 Å². The van der Waals surface area contributed by atoms with E-state index in [1.54, 1.807) is 6.20 Å². The Bertz CT molecular complexity index is 557. The zero-order chi connectivity index (χ0) is 13.8. The van der Waals surface area contributed by atoms with E-state index >= 15 is 0 Å². The van der Waals surface area contributed by atoms with Crippen molar-refractivity contribution in [1.82, 2.24) is 15.0 Å². The van der Waals surface area contributed by atoms with Crippen molar-refractivity contribution in [3.8, 4) is 0 Å². The molecule has 0 unspecified atom stereocenters. The highest BCUT2D eigenvalue weighted by atomic mass is 16.1. The van der Waals surface area contributed by atoms with E-state index in [1.165, 1.54) is 10.2 Å². The number of hydrogen-bond acceptors (Lipinski definition) is 4. The van der Waals surface area contributed by atoms with E-state index in [-0.39, 0.29) is 12.3 Å². The molecule has 5 nitrogen and oxygen atoms in total. The fourth-order valence-electron chi connectivity index (χ4n) is 1.80. The Balaban J connectivity index is 2.07. The van der Waals surface area contributed by atoms with Crippen molar-refractivity contribution >= 4 is 5.78 Å². The lowest BCUT2D eigenvalue weighted by molar-refractivity contribution is 0.0967. The van der Waals surface area contributed by atoms with Crippen LogP contribution in [0.4, 0.5) is 0 Å². The van der Waals surface area contributed by atoms with Crippen LogP contribution in [0.3, 0.4) is 0 Å². The predicted octanol–water partition coefficient (Wildman–Crippen LogP) is 1.74. The molecule has 1 aromatic heterocycles. The van der Waals surface area contributed by atoms with Gasteiger partial charge in [-0.15, -0.1) is 5.10 Å². The Morgan fingerprint density at radius 1 is 1.32 bits per heavy atom. The molecule has 0 radical (unpaired) electrons. The van der Waals surface area contributed by atoms with Gasteiger partial charge in [0.05, 0.1) is 11.9 Å². The molecule has 0 saturated carbocycles. The van der Waals surface area contributed by atoms with Gasteiger partial charge >= 0.3 is 0 Å². The molecule has 2 N–H and O–H groups in total. The molecule has 0 bridgehead atoms. The minimum Gasteiger partial charge on any atom is -0.325 e. The van der Waals surface area contributed by atoms with E-state index in [2.05, 4.69) is 24.2 Å². The van der Waals surface area contributed by atoms with Gasteiger partial charge in [0.2, 0.25) is 0 Å². The molecule has 0 amide bonds. The van der Waals surface area contributed by atoms with E-state index in [0.717, 1.165) is 0 Å². The zero-order valence-corrected chi connectivity index (χ0v) is 11.2. The summed E-state index contributed by atoms with van der Waals surface area (Å²) in [5, 5.41) is 7.72. The Morgan fingerprint density at radius 3 is 2.53 bits per heavy atom. The van der Waals surface area contributed by atoms with Gasteiger partial charge in [0.1, 0.15) is 6.54 Å². The normalized spacial score (nSPS) is 10.9. The lowest BCUT2D eigenvalue weighted by Gasteiger charge is -2.06. The summed E-state index contributed by atoms with van der Waals surface area (Å²) in [5.74, 6) is 0.482. The number of carbonyl (C=O) groups excluding carboxylic acids is 1. The molecule has 100 valence electrons.